The van der Waals surface area contributed by atoms with Crippen LogP contribution >= 0.6 is 24.0 Å². The van der Waals surface area contributed by atoms with E-state index in [0.717, 1.165) is 24.2 Å². The van der Waals surface area contributed by atoms with E-state index in [9.17, 15) is 13.2 Å². The molecular weight excluding hydrogens is 305 g/mol. The number of nitrogens with zero attached hydrogens (tertiary/aromatic N) is 2. The summed E-state index contributed by atoms with van der Waals surface area (Å²) in [6, 6.07) is 3.39. The van der Waals surface area contributed by atoms with Crippen molar-refractivity contribution in [1.82, 2.24) is 9.97 Å². The maximum absolute atomic E-state index is 13.1. The number of thiazole rings is 1. The Bertz CT molecular complexity index is 606. The predicted octanol–water partition coefficient (Wildman–Crippen LogP) is 4.60. The standard InChI is InChI=1S/C13H11F3N2S2/c14-13(15,16)11-10(9(19)7-3-4-7)20-12(18-11)8-2-1-5-17-6-8/h1-2,5-7,9,19H,3-4H2. The minimum absolute atomic E-state index is 0.224. The van der Waals surface area contributed by atoms with Crippen molar-refractivity contribution in [2.24, 2.45) is 5.92 Å². The summed E-state index contributed by atoms with van der Waals surface area (Å²) in [5.74, 6) is 0.238. The first-order valence-electron chi connectivity index (χ1n) is 6.13. The second-order valence-electron chi connectivity index (χ2n) is 4.75. The van der Waals surface area contributed by atoms with Gasteiger partial charge in [0.15, 0.2) is 5.69 Å². The Labute approximate surface area is 123 Å². The molecule has 1 unspecified atom stereocenters. The third kappa shape index (κ3) is 2.69. The SMILES string of the molecule is FC(F)(F)c1nc(-c2cccnc2)sc1C(S)C1CC1. The first-order valence-corrected chi connectivity index (χ1v) is 7.46. The van der Waals surface area contributed by atoms with Crippen molar-refractivity contribution in [3.63, 3.8) is 0 Å². The molecule has 1 aliphatic carbocycles. The molecular formula is C13H11F3N2S2. The second kappa shape index (κ2) is 5.04. The zero-order valence-electron chi connectivity index (χ0n) is 10.3. The van der Waals surface area contributed by atoms with Gasteiger partial charge in [-0.05, 0) is 30.9 Å². The van der Waals surface area contributed by atoms with Crippen LogP contribution in [-0.2, 0) is 6.18 Å². The summed E-state index contributed by atoms with van der Waals surface area (Å²) in [6.07, 6.45) is 0.529. The van der Waals surface area contributed by atoms with Gasteiger partial charge in [-0.1, -0.05) is 0 Å². The van der Waals surface area contributed by atoms with Crippen LogP contribution in [0.1, 0.15) is 28.7 Å². The molecule has 0 amide bonds. The molecule has 0 N–H and O–H groups in total. The van der Waals surface area contributed by atoms with Gasteiger partial charge in [0.25, 0.3) is 0 Å². The van der Waals surface area contributed by atoms with Crippen molar-refractivity contribution >= 4 is 24.0 Å². The van der Waals surface area contributed by atoms with Crippen LogP contribution in [0.4, 0.5) is 13.2 Å². The van der Waals surface area contributed by atoms with Gasteiger partial charge < -0.3 is 0 Å². The maximum Gasteiger partial charge on any atom is 0.434 e. The molecule has 1 atom stereocenters. The minimum Gasteiger partial charge on any atom is -0.264 e. The average molecular weight is 316 g/mol. The summed E-state index contributed by atoms with van der Waals surface area (Å²) in [5, 5.41) is -0.0327. The molecule has 2 nitrogen and oxygen atoms in total. The van der Waals surface area contributed by atoms with Gasteiger partial charge in [-0.2, -0.15) is 25.8 Å². The van der Waals surface area contributed by atoms with Gasteiger partial charge in [-0.15, -0.1) is 11.3 Å². The highest BCUT2D eigenvalue weighted by molar-refractivity contribution is 7.80. The Balaban J connectivity index is 2.06. The molecule has 7 heteroatoms. The molecule has 0 radical (unpaired) electrons. The van der Waals surface area contributed by atoms with Crippen LogP contribution in [0.2, 0.25) is 0 Å². The molecule has 3 rings (SSSR count). The summed E-state index contributed by atoms with van der Waals surface area (Å²) >= 11 is 5.43. The Morgan fingerprint density at radius 3 is 2.65 bits per heavy atom. The highest BCUT2D eigenvalue weighted by Gasteiger charge is 2.42. The number of alkyl halides is 3. The normalized spacial score (nSPS) is 17.2. The first-order chi connectivity index (χ1) is 9.47. The van der Waals surface area contributed by atoms with Crippen LogP contribution in [0.15, 0.2) is 24.5 Å². The lowest BCUT2D eigenvalue weighted by Gasteiger charge is -2.10. The van der Waals surface area contributed by atoms with Gasteiger partial charge >= 0.3 is 6.18 Å². The molecule has 1 saturated carbocycles. The molecule has 0 spiro atoms. The van der Waals surface area contributed by atoms with E-state index in [1.165, 1.54) is 6.20 Å². The number of thiol groups is 1. The number of aromatic nitrogens is 2. The Hall–Kier alpha value is -1.08. The minimum atomic E-state index is -4.44. The predicted molar refractivity (Wildman–Crippen MR) is 74.8 cm³/mol. The molecule has 1 fully saturated rings. The molecule has 0 aliphatic heterocycles. The monoisotopic (exact) mass is 316 g/mol. The van der Waals surface area contributed by atoms with E-state index < -0.39 is 11.9 Å². The number of halogens is 3. The average Bonchev–Trinajstić information content (AvgIpc) is 3.15. The fourth-order valence-corrected chi connectivity index (χ4v) is 3.71. The fraction of sp³-hybridized carbons (Fsp3) is 0.385. The summed E-state index contributed by atoms with van der Waals surface area (Å²) in [5.41, 5.74) is -0.196. The van der Waals surface area contributed by atoms with E-state index in [0.29, 0.717) is 10.6 Å². The second-order valence-corrected chi connectivity index (χ2v) is 6.34. The molecule has 2 aromatic heterocycles. The highest BCUT2D eigenvalue weighted by Crippen LogP contribution is 2.50. The summed E-state index contributed by atoms with van der Waals surface area (Å²) in [6.45, 7) is 0. The van der Waals surface area contributed by atoms with Gasteiger partial charge in [0.1, 0.15) is 5.01 Å². The van der Waals surface area contributed by atoms with Crippen LogP contribution in [-0.4, -0.2) is 9.97 Å². The van der Waals surface area contributed by atoms with Crippen molar-refractivity contribution in [1.29, 1.82) is 0 Å². The van der Waals surface area contributed by atoms with Gasteiger partial charge in [0.2, 0.25) is 0 Å². The summed E-state index contributed by atoms with van der Waals surface area (Å²) < 4.78 is 39.3. The largest absolute Gasteiger partial charge is 0.434 e. The topological polar surface area (TPSA) is 25.8 Å². The lowest BCUT2D eigenvalue weighted by atomic mass is 10.2. The molecule has 20 heavy (non-hydrogen) atoms. The molecule has 2 heterocycles. The van der Waals surface area contributed by atoms with Crippen molar-refractivity contribution < 1.29 is 13.2 Å². The molecule has 0 bridgehead atoms. The van der Waals surface area contributed by atoms with E-state index in [-0.39, 0.29) is 16.0 Å². The lowest BCUT2D eigenvalue weighted by molar-refractivity contribution is -0.141. The highest BCUT2D eigenvalue weighted by atomic mass is 32.1. The van der Waals surface area contributed by atoms with Crippen molar-refractivity contribution in [3.8, 4) is 10.6 Å². The van der Waals surface area contributed by atoms with E-state index in [1.807, 2.05) is 0 Å². The molecule has 0 saturated heterocycles. The van der Waals surface area contributed by atoms with E-state index in [4.69, 9.17) is 0 Å². The van der Waals surface area contributed by atoms with Gasteiger partial charge in [-0.25, -0.2) is 4.98 Å². The Kier molecular flexibility index (Phi) is 3.50. The molecule has 106 valence electrons. The third-order valence-corrected chi connectivity index (χ3v) is 5.21. The molecule has 0 aromatic carbocycles. The maximum atomic E-state index is 13.1. The van der Waals surface area contributed by atoms with Crippen LogP contribution in [0.3, 0.4) is 0 Å². The van der Waals surface area contributed by atoms with Crippen molar-refractivity contribution in [2.75, 3.05) is 0 Å². The fourth-order valence-electron chi connectivity index (χ4n) is 1.97. The van der Waals surface area contributed by atoms with Crippen LogP contribution in [0.5, 0.6) is 0 Å². The molecule has 1 aliphatic rings. The number of rotatable bonds is 3. The first kappa shape index (κ1) is 13.9. The smallest absolute Gasteiger partial charge is 0.264 e. The quantitative estimate of drug-likeness (QED) is 0.837. The zero-order chi connectivity index (χ0) is 14.3. The van der Waals surface area contributed by atoms with Crippen LogP contribution in [0, 0.1) is 5.92 Å². The van der Waals surface area contributed by atoms with Crippen LogP contribution < -0.4 is 0 Å². The molecule has 2 aromatic rings. The van der Waals surface area contributed by atoms with E-state index in [1.54, 1.807) is 18.3 Å². The van der Waals surface area contributed by atoms with Crippen molar-refractivity contribution in [2.45, 2.75) is 24.3 Å². The number of hydrogen-bond donors (Lipinski definition) is 1. The Morgan fingerprint density at radius 2 is 2.10 bits per heavy atom. The van der Waals surface area contributed by atoms with E-state index >= 15 is 0 Å². The third-order valence-electron chi connectivity index (χ3n) is 3.17. The van der Waals surface area contributed by atoms with Crippen molar-refractivity contribution in [3.05, 3.63) is 35.1 Å². The zero-order valence-corrected chi connectivity index (χ0v) is 12.0. The van der Waals surface area contributed by atoms with Gasteiger partial charge in [0.05, 0.1) is 4.88 Å². The number of pyridine rings is 1. The summed E-state index contributed by atoms with van der Waals surface area (Å²) in [7, 11) is 0. The van der Waals surface area contributed by atoms with Crippen LogP contribution in [0.25, 0.3) is 10.6 Å². The van der Waals surface area contributed by atoms with E-state index in [2.05, 4.69) is 22.6 Å². The lowest BCUT2D eigenvalue weighted by Crippen LogP contribution is -2.10. The summed E-state index contributed by atoms with van der Waals surface area (Å²) in [4.78, 5) is 7.93. The number of hydrogen-bond acceptors (Lipinski definition) is 4. The Morgan fingerprint density at radius 1 is 1.35 bits per heavy atom. The van der Waals surface area contributed by atoms with Gasteiger partial charge in [0, 0.05) is 23.2 Å². The van der Waals surface area contributed by atoms with Gasteiger partial charge in [-0.3, -0.25) is 4.98 Å².